The van der Waals surface area contributed by atoms with Crippen molar-refractivity contribution in [1.29, 1.82) is 0 Å². The number of methoxy groups -OCH3 is 1. The van der Waals surface area contributed by atoms with Gasteiger partial charge in [-0.3, -0.25) is 9.78 Å². The number of carbonyl (C=O) groups is 1. The number of hydrogen-bond acceptors (Lipinski definition) is 5. The smallest absolute Gasteiger partial charge is 0.255 e. The minimum Gasteiger partial charge on any atom is -0.493 e. The van der Waals surface area contributed by atoms with Gasteiger partial charge in [-0.15, -0.1) is 0 Å². The van der Waals surface area contributed by atoms with Gasteiger partial charge in [0, 0.05) is 24.0 Å². The van der Waals surface area contributed by atoms with Gasteiger partial charge in [0.25, 0.3) is 5.91 Å². The zero-order chi connectivity index (χ0) is 16.8. The van der Waals surface area contributed by atoms with E-state index in [0.717, 1.165) is 0 Å². The molecule has 0 spiro atoms. The van der Waals surface area contributed by atoms with Gasteiger partial charge in [0.2, 0.25) is 5.88 Å². The first-order valence-electron chi connectivity index (χ1n) is 7.24. The molecule has 1 amide bonds. The highest BCUT2D eigenvalue weighted by Gasteiger charge is 2.08. The number of hydrogen-bond donors (Lipinski definition) is 1. The molecule has 0 aliphatic rings. The molecule has 0 atom stereocenters. The summed E-state index contributed by atoms with van der Waals surface area (Å²) >= 11 is 0. The molecule has 3 aromatic rings. The second-order valence-electron chi connectivity index (χ2n) is 4.83. The van der Waals surface area contributed by atoms with Crippen LogP contribution in [0.2, 0.25) is 0 Å². The van der Waals surface area contributed by atoms with E-state index in [0.29, 0.717) is 28.6 Å². The number of aromatic nitrogens is 2. The van der Waals surface area contributed by atoms with Crippen LogP contribution in [-0.4, -0.2) is 23.0 Å². The lowest BCUT2D eigenvalue weighted by Gasteiger charge is -2.10. The maximum atomic E-state index is 12.1. The molecule has 0 radical (unpaired) electrons. The summed E-state index contributed by atoms with van der Waals surface area (Å²) in [6.07, 6.45) is 4.67. The summed E-state index contributed by atoms with van der Waals surface area (Å²) < 4.78 is 10.9. The van der Waals surface area contributed by atoms with Crippen LogP contribution in [0.15, 0.2) is 67.1 Å². The third kappa shape index (κ3) is 3.67. The van der Waals surface area contributed by atoms with Gasteiger partial charge < -0.3 is 14.8 Å². The SMILES string of the molecule is COc1ccccc1Oc1ccc(NC(=O)c2ccncc2)cn1. The molecule has 1 aromatic carbocycles. The number of pyridine rings is 2. The average molecular weight is 321 g/mol. The van der Waals surface area contributed by atoms with Crippen LogP contribution in [0.3, 0.4) is 0 Å². The Labute approximate surface area is 139 Å². The second kappa shape index (κ2) is 7.23. The van der Waals surface area contributed by atoms with Gasteiger partial charge in [-0.2, -0.15) is 0 Å². The molecule has 0 saturated heterocycles. The van der Waals surface area contributed by atoms with Crippen LogP contribution in [0, 0.1) is 0 Å². The minimum absolute atomic E-state index is 0.224. The van der Waals surface area contributed by atoms with Crippen molar-refractivity contribution in [2.24, 2.45) is 0 Å². The van der Waals surface area contributed by atoms with E-state index in [1.807, 2.05) is 12.1 Å². The first-order valence-corrected chi connectivity index (χ1v) is 7.24. The zero-order valence-electron chi connectivity index (χ0n) is 13.0. The molecule has 6 nitrogen and oxygen atoms in total. The summed E-state index contributed by atoms with van der Waals surface area (Å²) in [6.45, 7) is 0. The Morgan fingerprint density at radius 3 is 2.42 bits per heavy atom. The van der Waals surface area contributed by atoms with Gasteiger partial charge in [-0.05, 0) is 30.3 Å². The third-order valence-electron chi connectivity index (χ3n) is 3.22. The molecule has 0 aliphatic heterocycles. The number of nitrogens with one attached hydrogen (secondary N) is 1. The fraction of sp³-hybridized carbons (Fsp3) is 0.0556. The topological polar surface area (TPSA) is 73.3 Å². The van der Waals surface area contributed by atoms with Gasteiger partial charge >= 0.3 is 0 Å². The largest absolute Gasteiger partial charge is 0.493 e. The van der Waals surface area contributed by atoms with Crippen LogP contribution in [0.1, 0.15) is 10.4 Å². The van der Waals surface area contributed by atoms with Crippen LogP contribution in [-0.2, 0) is 0 Å². The van der Waals surface area contributed by atoms with Crippen molar-refractivity contribution < 1.29 is 14.3 Å². The van der Waals surface area contributed by atoms with Crippen molar-refractivity contribution in [3.05, 3.63) is 72.7 Å². The van der Waals surface area contributed by atoms with Crippen molar-refractivity contribution in [3.63, 3.8) is 0 Å². The van der Waals surface area contributed by atoms with Crippen molar-refractivity contribution in [2.75, 3.05) is 12.4 Å². The van der Waals surface area contributed by atoms with Crippen LogP contribution < -0.4 is 14.8 Å². The predicted molar refractivity (Wildman–Crippen MR) is 89.5 cm³/mol. The number of benzene rings is 1. The number of amides is 1. The summed E-state index contributed by atoms with van der Waals surface area (Å²) in [6, 6.07) is 14.0. The predicted octanol–water partition coefficient (Wildman–Crippen LogP) is 3.53. The van der Waals surface area contributed by atoms with E-state index in [1.54, 1.807) is 55.9 Å². The normalized spacial score (nSPS) is 10.0. The Hall–Kier alpha value is -3.41. The molecule has 0 fully saturated rings. The van der Waals surface area contributed by atoms with Gasteiger partial charge in [0.05, 0.1) is 19.0 Å². The highest BCUT2D eigenvalue weighted by atomic mass is 16.5. The summed E-state index contributed by atoms with van der Waals surface area (Å²) in [5.74, 6) is 1.37. The van der Waals surface area contributed by atoms with Crippen LogP contribution in [0.25, 0.3) is 0 Å². The van der Waals surface area contributed by atoms with Crippen molar-refractivity contribution >= 4 is 11.6 Å². The molecule has 0 aliphatic carbocycles. The Morgan fingerprint density at radius 2 is 1.75 bits per heavy atom. The molecule has 0 bridgehead atoms. The van der Waals surface area contributed by atoms with Gasteiger partial charge in [0.1, 0.15) is 0 Å². The molecule has 6 heteroatoms. The maximum Gasteiger partial charge on any atom is 0.255 e. The van der Waals surface area contributed by atoms with E-state index in [9.17, 15) is 4.79 Å². The quantitative estimate of drug-likeness (QED) is 0.778. The van der Waals surface area contributed by atoms with Gasteiger partial charge in [0.15, 0.2) is 11.5 Å². The number of anilines is 1. The molecule has 0 saturated carbocycles. The second-order valence-corrected chi connectivity index (χ2v) is 4.83. The molecule has 0 unspecified atom stereocenters. The zero-order valence-corrected chi connectivity index (χ0v) is 13.0. The number of ether oxygens (including phenoxy) is 2. The lowest BCUT2D eigenvalue weighted by molar-refractivity contribution is 0.102. The summed E-state index contributed by atoms with van der Waals surface area (Å²) in [4.78, 5) is 20.1. The molecule has 1 N–H and O–H groups in total. The molecule has 120 valence electrons. The first-order chi connectivity index (χ1) is 11.8. The maximum absolute atomic E-state index is 12.1. The van der Waals surface area contributed by atoms with Crippen LogP contribution in [0.4, 0.5) is 5.69 Å². The fourth-order valence-electron chi connectivity index (χ4n) is 2.04. The van der Waals surface area contributed by atoms with Crippen LogP contribution >= 0.6 is 0 Å². The standard InChI is InChI=1S/C18H15N3O3/c1-23-15-4-2-3-5-16(15)24-17-7-6-14(12-20-17)21-18(22)13-8-10-19-11-9-13/h2-12H,1H3,(H,21,22). The van der Waals surface area contributed by atoms with E-state index in [4.69, 9.17) is 9.47 Å². The Morgan fingerprint density at radius 1 is 1.00 bits per heavy atom. The van der Waals surface area contributed by atoms with Gasteiger partial charge in [-0.25, -0.2) is 4.98 Å². The van der Waals surface area contributed by atoms with Gasteiger partial charge in [-0.1, -0.05) is 12.1 Å². The summed E-state index contributed by atoms with van der Waals surface area (Å²) in [7, 11) is 1.58. The highest BCUT2D eigenvalue weighted by Crippen LogP contribution is 2.30. The van der Waals surface area contributed by atoms with Crippen molar-refractivity contribution in [3.8, 4) is 17.4 Å². The van der Waals surface area contributed by atoms with Crippen molar-refractivity contribution in [2.45, 2.75) is 0 Å². The number of carbonyl (C=O) groups excluding carboxylic acids is 1. The van der Waals surface area contributed by atoms with Crippen LogP contribution in [0.5, 0.6) is 17.4 Å². The number of nitrogens with zero attached hydrogens (tertiary/aromatic N) is 2. The Kier molecular flexibility index (Phi) is 4.67. The lowest BCUT2D eigenvalue weighted by atomic mass is 10.2. The molecule has 2 heterocycles. The minimum atomic E-state index is -0.224. The Balaban J connectivity index is 1.68. The highest BCUT2D eigenvalue weighted by molar-refractivity contribution is 6.04. The van der Waals surface area contributed by atoms with E-state index in [1.165, 1.54) is 6.20 Å². The first kappa shape index (κ1) is 15.5. The lowest BCUT2D eigenvalue weighted by Crippen LogP contribution is -2.11. The Bertz CT molecular complexity index is 820. The molecular weight excluding hydrogens is 306 g/mol. The molecule has 2 aromatic heterocycles. The average Bonchev–Trinajstić information content (AvgIpc) is 2.64. The summed E-state index contributed by atoms with van der Waals surface area (Å²) in [5, 5.41) is 2.76. The van der Waals surface area contributed by atoms with E-state index < -0.39 is 0 Å². The monoisotopic (exact) mass is 321 g/mol. The van der Waals surface area contributed by atoms with E-state index in [2.05, 4.69) is 15.3 Å². The number of para-hydroxylation sites is 2. The summed E-state index contributed by atoms with van der Waals surface area (Å²) in [5.41, 5.74) is 1.10. The van der Waals surface area contributed by atoms with Crippen molar-refractivity contribution in [1.82, 2.24) is 9.97 Å². The van der Waals surface area contributed by atoms with E-state index in [-0.39, 0.29) is 5.91 Å². The molecule has 24 heavy (non-hydrogen) atoms. The third-order valence-corrected chi connectivity index (χ3v) is 3.22. The van der Waals surface area contributed by atoms with E-state index >= 15 is 0 Å². The number of rotatable bonds is 5. The fourth-order valence-corrected chi connectivity index (χ4v) is 2.04. The molecule has 3 rings (SSSR count). The molecular formula is C18H15N3O3.